The number of nitrogens with zero attached hydrogens (tertiary/aromatic N) is 4. The normalized spacial score (nSPS) is 13.5. The average Bonchev–Trinajstić information content (AvgIpc) is 0.768. The standard InChI is InChI=1S/C63H57BN3O3.C13H11FN.Ir/c1-60(2,3)36-22-24-47-51(31-36)68-53-33-38(62(7,8)9)29-44-56(53)66(47)49-27-35(40-17-15-18-41-42-19-16-20-43(59(42)70-58(40)41)46-21-13-14-26-65-46)28-50-55(49)64(44)45-30-39(63(10,11)12)34-54-57(45)67(50)48-25-23-37(61(4,5)6)32-52(48)69-54;1-9-7-13(15-8-10(9)2)11-3-5-12(14)6-4-11;/h13-19,21-34H,1-12H3;3,5-8H,1-2H3;/q2*-1;. The topological polar surface area (TPSA) is 63.9 Å². The fourth-order valence-corrected chi connectivity index (χ4v) is 12.6. The number of para-hydroxylation sites is 1. The van der Waals surface area contributed by atoms with E-state index in [0.717, 1.165) is 118 Å². The molecule has 0 saturated carbocycles. The molecule has 4 aliphatic rings. The fraction of sp³-hybridized carbons (Fsp3) is 0.237. The summed E-state index contributed by atoms with van der Waals surface area (Å²) >= 11 is 0. The van der Waals surface area contributed by atoms with E-state index in [1.54, 1.807) is 6.07 Å². The van der Waals surface area contributed by atoms with E-state index in [4.69, 9.17) is 18.9 Å². The van der Waals surface area contributed by atoms with Gasteiger partial charge in [0.2, 0.25) is 0 Å². The maximum absolute atomic E-state index is 12.7. The van der Waals surface area contributed by atoms with Gasteiger partial charge in [-0.05, 0) is 151 Å². The van der Waals surface area contributed by atoms with Crippen molar-refractivity contribution in [3.63, 3.8) is 0 Å². The summed E-state index contributed by atoms with van der Waals surface area (Å²) < 4.78 is 34.3. The van der Waals surface area contributed by atoms with Gasteiger partial charge in [-0.25, -0.2) is 0 Å². The van der Waals surface area contributed by atoms with Crippen molar-refractivity contribution in [2.75, 3.05) is 9.80 Å². The Morgan fingerprint density at radius 3 is 1.59 bits per heavy atom. The molecule has 10 heteroatoms. The van der Waals surface area contributed by atoms with Gasteiger partial charge in [0, 0.05) is 60.6 Å². The van der Waals surface area contributed by atoms with E-state index < -0.39 is 0 Å². The SMILES string of the molecule is CC(C)(C)c1ccc2c(c1)Oc1cc(C(C)(C)C)cc3c1N2c1cc(-c2cccc4c2oc2c(-c5ccccn5)[c-]ccc24)cc2c1B3c1cc(C(C)(C)C)cc3c1N2c1ccc(C(C)(C)C)cc1O3.Cc1cnc(-c2[c-]cc(F)cc2)cc1C.[Ir]. The zero-order valence-electron chi connectivity index (χ0n) is 51.3. The number of hydrogen-bond acceptors (Lipinski definition) is 7. The number of furan rings is 1. The van der Waals surface area contributed by atoms with Crippen molar-refractivity contribution in [3.8, 4) is 56.6 Å². The molecule has 431 valence electrons. The van der Waals surface area contributed by atoms with Crippen LogP contribution in [0.3, 0.4) is 0 Å². The molecule has 1 radical (unpaired) electrons. The molecule has 3 aromatic heterocycles. The Balaban J connectivity index is 0.000000375. The second kappa shape index (κ2) is 20.1. The summed E-state index contributed by atoms with van der Waals surface area (Å²) in [6.07, 6.45) is 3.65. The van der Waals surface area contributed by atoms with Crippen molar-refractivity contribution in [1.29, 1.82) is 0 Å². The van der Waals surface area contributed by atoms with Crippen molar-refractivity contribution in [1.82, 2.24) is 9.97 Å². The van der Waals surface area contributed by atoms with E-state index in [2.05, 4.69) is 207 Å². The number of hydrogen-bond donors (Lipinski definition) is 0. The quantitative estimate of drug-likeness (QED) is 0.129. The molecule has 0 spiro atoms. The van der Waals surface area contributed by atoms with Gasteiger partial charge in [0.25, 0.3) is 6.71 Å². The van der Waals surface area contributed by atoms with E-state index in [0.29, 0.717) is 0 Å². The van der Waals surface area contributed by atoms with Crippen LogP contribution in [0.2, 0.25) is 0 Å². The van der Waals surface area contributed by atoms with Gasteiger partial charge in [-0.2, -0.15) is 0 Å². The Morgan fingerprint density at radius 1 is 0.500 bits per heavy atom. The smallest absolute Gasteiger partial charge is 0.252 e. The third kappa shape index (κ3) is 9.34. The van der Waals surface area contributed by atoms with E-state index in [9.17, 15) is 4.39 Å². The summed E-state index contributed by atoms with van der Waals surface area (Å²) in [6.45, 7) is 31.3. The molecule has 0 bridgehead atoms. The van der Waals surface area contributed by atoms with Gasteiger partial charge in [0.1, 0.15) is 5.58 Å². The largest absolute Gasteiger partial charge is 0.500 e. The van der Waals surface area contributed by atoms with Crippen LogP contribution in [0.1, 0.15) is 116 Å². The molecule has 0 saturated heterocycles. The number of fused-ring (bicyclic) bond motifs is 11. The van der Waals surface area contributed by atoms with Crippen LogP contribution in [0.25, 0.3) is 55.6 Å². The molecule has 0 aliphatic carbocycles. The minimum atomic E-state index is -0.275. The first kappa shape index (κ1) is 56.8. The first-order valence-electron chi connectivity index (χ1n) is 29.6. The molecule has 8 aromatic carbocycles. The zero-order valence-corrected chi connectivity index (χ0v) is 53.7. The van der Waals surface area contributed by atoms with Gasteiger partial charge < -0.3 is 33.7 Å². The van der Waals surface area contributed by atoms with Crippen LogP contribution >= 0.6 is 0 Å². The summed E-state index contributed by atoms with van der Waals surface area (Å²) in [7, 11) is 0. The molecule has 0 fully saturated rings. The van der Waals surface area contributed by atoms with Crippen LogP contribution in [-0.2, 0) is 41.8 Å². The number of benzene rings is 8. The number of rotatable bonds is 3. The molecule has 0 unspecified atom stereocenters. The van der Waals surface area contributed by atoms with E-state index >= 15 is 0 Å². The predicted molar refractivity (Wildman–Crippen MR) is 348 cm³/mol. The van der Waals surface area contributed by atoms with Crippen molar-refractivity contribution in [3.05, 3.63) is 209 Å². The number of anilines is 6. The number of halogens is 1. The van der Waals surface area contributed by atoms with E-state index in [1.807, 2.05) is 56.6 Å². The average molecular weight is 1310 g/mol. The molecule has 0 amide bonds. The summed E-state index contributed by atoms with van der Waals surface area (Å²) in [5, 5.41) is 2.08. The number of aromatic nitrogens is 2. The van der Waals surface area contributed by atoms with Crippen molar-refractivity contribution >= 4 is 79.2 Å². The molecule has 0 N–H and O–H groups in total. The van der Waals surface area contributed by atoms with Gasteiger partial charge in [0.15, 0.2) is 23.0 Å². The number of ether oxygens (including phenoxy) is 2. The van der Waals surface area contributed by atoms with Crippen LogP contribution in [0.4, 0.5) is 38.5 Å². The van der Waals surface area contributed by atoms with Gasteiger partial charge in [-0.3, -0.25) is 4.39 Å². The first-order chi connectivity index (χ1) is 40.4. The summed E-state index contributed by atoms with van der Waals surface area (Å²) in [4.78, 5) is 14.0. The van der Waals surface area contributed by atoms with Gasteiger partial charge >= 0.3 is 0 Å². The Morgan fingerprint density at radius 2 is 1.07 bits per heavy atom. The Hall–Kier alpha value is -8.30. The number of pyridine rings is 2. The fourth-order valence-electron chi connectivity index (χ4n) is 12.6. The Kier molecular flexibility index (Phi) is 13.3. The third-order valence-corrected chi connectivity index (χ3v) is 17.6. The molecular formula is C76H68BFIrN4O3-2. The van der Waals surface area contributed by atoms with E-state index in [1.165, 1.54) is 56.3 Å². The Bertz CT molecular complexity index is 4420. The summed E-state index contributed by atoms with van der Waals surface area (Å²) in [6, 6.07) is 57.4. The van der Waals surface area contributed by atoms with Crippen LogP contribution in [0, 0.1) is 31.8 Å². The van der Waals surface area contributed by atoms with Gasteiger partial charge in [-0.1, -0.05) is 160 Å². The molecule has 7 nitrogen and oxygen atoms in total. The Labute approximate surface area is 518 Å². The van der Waals surface area contributed by atoms with Crippen LogP contribution in [0.5, 0.6) is 23.0 Å². The van der Waals surface area contributed by atoms with Crippen molar-refractivity contribution in [2.45, 2.75) is 119 Å². The molecule has 4 aliphatic heterocycles. The third-order valence-electron chi connectivity index (χ3n) is 17.6. The number of aryl methyl sites for hydroxylation is 2. The van der Waals surface area contributed by atoms with Crippen molar-refractivity contribution in [2.24, 2.45) is 0 Å². The maximum atomic E-state index is 12.7. The molecule has 0 atom stereocenters. The second-order valence-corrected chi connectivity index (χ2v) is 27.6. The minimum Gasteiger partial charge on any atom is -0.500 e. The predicted octanol–water partition coefficient (Wildman–Crippen LogP) is 18.9. The molecule has 7 heterocycles. The monoisotopic (exact) mass is 1310 g/mol. The molecule has 86 heavy (non-hydrogen) atoms. The minimum absolute atomic E-state index is 0. The summed E-state index contributed by atoms with van der Waals surface area (Å²) in [5.74, 6) is 3.17. The molecular weight excluding hydrogens is 1240 g/mol. The van der Waals surface area contributed by atoms with Crippen LogP contribution < -0.4 is 35.7 Å². The van der Waals surface area contributed by atoms with Crippen LogP contribution in [0.15, 0.2) is 162 Å². The van der Waals surface area contributed by atoms with E-state index in [-0.39, 0.29) is 54.3 Å². The zero-order chi connectivity index (χ0) is 59.4. The van der Waals surface area contributed by atoms with Crippen molar-refractivity contribution < 1.29 is 38.4 Å². The van der Waals surface area contributed by atoms with Gasteiger partial charge in [-0.15, -0.1) is 48.0 Å². The first-order valence-corrected chi connectivity index (χ1v) is 29.6. The second-order valence-electron chi connectivity index (χ2n) is 27.6. The molecule has 11 aromatic rings. The maximum Gasteiger partial charge on any atom is 0.252 e. The van der Waals surface area contributed by atoms with Gasteiger partial charge in [0.05, 0.1) is 28.3 Å². The van der Waals surface area contributed by atoms with Crippen LogP contribution in [-0.4, -0.2) is 16.7 Å². The summed E-state index contributed by atoms with van der Waals surface area (Å²) in [5.41, 5.74) is 23.9. The molecule has 15 rings (SSSR count).